The van der Waals surface area contributed by atoms with E-state index in [0.717, 1.165) is 31.6 Å². The molecule has 1 fully saturated rings. The van der Waals surface area contributed by atoms with Gasteiger partial charge in [-0.15, -0.1) is 0 Å². The van der Waals surface area contributed by atoms with E-state index >= 15 is 0 Å². The number of Topliss-reactive ketones (excluding diaryl/α,β-unsaturated/α-hetero) is 1. The molecular weight excluding hydrogens is 244 g/mol. The second-order valence-corrected chi connectivity index (χ2v) is 6.48. The Labute approximate surface area is 123 Å². The van der Waals surface area contributed by atoms with Crippen molar-refractivity contribution in [2.45, 2.75) is 64.7 Å². The molecule has 2 rings (SSSR count). The fraction of sp³-hybridized carbons (Fsp3) is 0.632. The zero-order valence-electron chi connectivity index (χ0n) is 13.2. The van der Waals surface area contributed by atoms with Crippen LogP contribution in [0.4, 0.5) is 0 Å². The molecule has 1 aliphatic rings. The summed E-state index contributed by atoms with van der Waals surface area (Å²) in [6.07, 6.45) is 6.45. The summed E-state index contributed by atoms with van der Waals surface area (Å²) in [5, 5.41) is 0. The molecule has 0 unspecified atom stereocenters. The summed E-state index contributed by atoms with van der Waals surface area (Å²) in [5.41, 5.74) is 0.959. The van der Waals surface area contributed by atoms with Crippen molar-refractivity contribution in [1.82, 2.24) is 0 Å². The van der Waals surface area contributed by atoms with Gasteiger partial charge in [0.2, 0.25) is 0 Å². The Morgan fingerprint density at radius 2 is 1.60 bits per heavy atom. The Kier molecular flexibility index (Phi) is 5.01. The van der Waals surface area contributed by atoms with E-state index in [1.807, 2.05) is 6.07 Å². The Bertz CT molecular complexity index is 422. The van der Waals surface area contributed by atoms with E-state index in [9.17, 15) is 4.79 Å². The number of carbonyl (C=O) groups excluding carboxylic acids is 1. The van der Waals surface area contributed by atoms with Crippen LogP contribution in [0.2, 0.25) is 0 Å². The number of hydrogen-bond donors (Lipinski definition) is 0. The highest BCUT2D eigenvalue weighted by Gasteiger charge is 2.40. The Morgan fingerprint density at radius 3 is 2.10 bits per heavy atom. The average molecular weight is 272 g/mol. The van der Waals surface area contributed by atoms with Crippen LogP contribution in [0.5, 0.6) is 0 Å². The SMILES string of the molecule is CCC(CC)(C(=O)C1CCC(C)CC1)c1ccccc1. The normalized spacial score (nSPS) is 23.6. The van der Waals surface area contributed by atoms with Crippen molar-refractivity contribution >= 4 is 5.78 Å². The Hall–Kier alpha value is -1.11. The Morgan fingerprint density at radius 1 is 1.05 bits per heavy atom. The van der Waals surface area contributed by atoms with Crippen molar-refractivity contribution in [2.75, 3.05) is 0 Å². The number of rotatable bonds is 5. The highest BCUT2D eigenvalue weighted by Crippen LogP contribution is 2.39. The lowest BCUT2D eigenvalue weighted by atomic mass is 9.66. The van der Waals surface area contributed by atoms with E-state index in [4.69, 9.17) is 0 Å². The summed E-state index contributed by atoms with van der Waals surface area (Å²) in [6, 6.07) is 10.4. The third-order valence-electron chi connectivity index (χ3n) is 5.39. The molecule has 0 radical (unpaired) electrons. The first-order valence-electron chi connectivity index (χ1n) is 8.24. The second-order valence-electron chi connectivity index (χ2n) is 6.48. The van der Waals surface area contributed by atoms with E-state index < -0.39 is 0 Å². The second kappa shape index (κ2) is 6.56. The van der Waals surface area contributed by atoms with Gasteiger partial charge in [0.1, 0.15) is 5.78 Å². The van der Waals surface area contributed by atoms with Gasteiger partial charge in [0, 0.05) is 5.92 Å². The van der Waals surface area contributed by atoms with Crippen LogP contribution in [0, 0.1) is 11.8 Å². The lowest BCUT2D eigenvalue weighted by molar-refractivity contribution is -0.130. The molecule has 1 saturated carbocycles. The van der Waals surface area contributed by atoms with Crippen LogP contribution in [0.25, 0.3) is 0 Å². The number of carbonyl (C=O) groups is 1. The van der Waals surface area contributed by atoms with E-state index in [-0.39, 0.29) is 11.3 Å². The van der Waals surface area contributed by atoms with Gasteiger partial charge in [-0.1, -0.05) is 63.9 Å². The molecule has 0 amide bonds. The molecule has 1 heteroatoms. The van der Waals surface area contributed by atoms with Crippen molar-refractivity contribution in [2.24, 2.45) is 11.8 Å². The molecule has 0 aliphatic heterocycles. The standard InChI is InChI=1S/C19H28O/c1-4-19(5-2,17-9-7-6-8-10-17)18(20)16-13-11-15(3)12-14-16/h6-10,15-16H,4-5,11-14H2,1-3H3. The molecule has 1 aromatic rings. The van der Waals surface area contributed by atoms with Gasteiger partial charge in [-0.05, 0) is 37.2 Å². The summed E-state index contributed by atoms with van der Waals surface area (Å²) < 4.78 is 0. The molecule has 0 atom stereocenters. The summed E-state index contributed by atoms with van der Waals surface area (Å²) in [5.74, 6) is 1.58. The maximum absolute atomic E-state index is 13.2. The Balaban J connectivity index is 2.26. The summed E-state index contributed by atoms with van der Waals surface area (Å²) in [6.45, 7) is 6.64. The number of hydrogen-bond acceptors (Lipinski definition) is 1. The van der Waals surface area contributed by atoms with Gasteiger partial charge in [-0.2, -0.15) is 0 Å². The van der Waals surface area contributed by atoms with Crippen LogP contribution in [-0.4, -0.2) is 5.78 Å². The summed E-state index contributed by atoms with van der Waals surface area (Å²) >= 11 is 0. The topological polar surface area (TPSA) is 17.1 Å². The van der Waals surface area contributed by atoms with Crippen molar-refractivity contribution in [3.05, 3.63) is 35.9 Å². The van der Waals surface area contributed by atoms with Crippen LogP contribution >= 0.6 is 0 Å². The molecule has 0 spiro atoms. The van der Waals surface area contributed by atoms with Gasteiger partial charge in [-0.25, -0.2) is 0 Å². The predicted molar refractivity (Wildman–Crippen MR) is 84.8 cm³/mol. The first kappa shape index (κ1) is 15.3. The van der Waals surface area contributed by atoms with Crippen molar-refractivity contribution in [3.63, 3.8) is 0 Å². The van der Waals surface area contributed by atoms with Crippen LogP contribution in [0.15, 0.2) is 30.3 Å². The monoisotopic (exact) mass is 272 g/mol. The smallest absolute Gasteiger partial charge is 0.146 e. The molecular formula is C19H28O. The zero-order chi connectivity index (χ0) is 14.6. The highest BCUT2D eigenvalue weighted by molar-refractivity contribution is 5.92. The lowest BCUT2D eigenvalue weighted by Gasteiger charge is -2.36. The molecule has 20 heavy (non-hydrogen) atoms. The highest BCUT2D eigenvalue weighted by atomic mass is 16.1. The van der Waals surface area contributed by atoms with E-state index in [1.54, 1.807) is 0 Å². The first-order valence-corrected chi connectivity index (χ1v) is 8.24. The third-order valence-corrected chi connectivity index (χ3v) is 5.39. The maximum atomic E-state index is 13.2. The van der Waals surface area contributed by atoms with Gasteiger partial charge in [0.05, 0.1) is 5.41 Å². The number of ketones is 1. The van der Waals surface area contributed by atoms with Gasteiger partial charge < -0.3 is 0 Å². The predicted octanol–water partition coefficient (Wildman–Crippen LogP) is 5.14. The van der Waals surface area contributed by atoms with Crippen molar-refractivity contribution in [3.8, 4) is 0 Å². The quantitative estimate of drug-likeness (QED) is 0.725. The molecule has 1 aromatic carbocycles. The molecule has 0 heterocycles. The number of benzene rings is 1. The van der Waals surface area contributed by atoms with Crippen LogP contribution < -0.4 is 0 Å². The summed E-state index contributed by atoms with van der Waals surface area (Å²) in [7, 11) is 0. The van der Waals surface area contributed by atoms with Crippen molar-refractivity contribution < 1.29 is 4.79 Å². The average Bonchev–Trinajstić information content (AvgIpc) is 2.51. The van der Waals surface area contributed by atoms with E-state index in [2.05, 4.69) is 45.0 Å². The van der Waals surface area contributed by atoms with E-state index in [0.29, 0.717) is 5.78 Å². The third kappa shape index (κ3) is 2.82. The minimum absolute atomic E-state index is 0.257. The van der Waals surface area contributed by atoms with Gasteiger partial charge in [0.15, 0.2) is 0 Å². The lowest BCUT2D eigenvalue weighted by Crippen LogP contribution is -2.40. The maximum Gasteiger partial charge on any atom is 0.146 e. The molecule has 0 saturated heterocycles. The molecule has 110 valence electrons. The zero-order valence-corrected chi connectivity index (χ0v) is 13.2. The van der Waals surface area contributed by atoms with Crippen LogP contribution in [0.3, 0.4) is 0 Å². The van der Waals surface area contributed by atoms with Crippen LogP contribution in [0.1, 0.15) is 64.9 Å². The minimum atomic E-state index is -0.257. The molecule has 0 N–H and O–H groups in total. The van der Waals surface area contributed by atoms with E-state index in [1.165, 1.54) is 18.4 Å². The molecule has 1 nitrogen and oxygen atoms in total. The summed E-state index contributed by atoms with van der Waals surface area (Å²) in [4.78, 5) is 13.2. The van der Waals surface area contributed by atoms with Crippen molar-refractivity contribution in [1.29, 1.82) is 0 Å². The largest absolute Gasteiger partial charge is 0.298 e. The minimum Gasteiger partial charge on any atom is -0.298 e. The molecule has 0 aromatic heterocycles. The van der Waals surface area contributed by atoms with Gasteiger partial charge >= 0.3 is 0 Å². The fourth-order valence-corrected chi connectivity index (χ4v) is 3.82. The fourth-order valence-electron chi connectivity index (χ4n) is 3.82. The molecule has 0 bridgehead atoms. The van der Waals surface area contributed by atoms with Gasteiger partial charge in [-0.3, -0.25) is 4.79 Å². The first-order chi connectivity index (χ1) is 9.64. The molecule has 1 aliphatic carbocycles. The van der Waals surface area contributed by atoms with Gasteiger partial charge in [0.25, 0.3) is 0 Å². The van der Waals surface area contributed by atoms with Crippen LogP contribution in [-0.2, 0) is 10.2 Å².